The van der Waals surface area contributed by atoms with E-state index in [1.165, 1.54) is 36.2 Å². The first kappa shape index (κ1) is 15.7. The summed E-state index contributed by atoms with van der Waals surface area (Å²) in [6.07, 6.45) is -0.568. The van der Waals surface area contributed by atoms with Gasteiger partial charge in [-0.1, -0.05) is 17.2 Å². The maximum absolute atomic E-state index is 13.6. The Morgan fingerprint density at radius 1 is 1.45 bits per heavy atom. The van der Waals surface area contributed by atoms with Gasteiger partial charge in [0.15, 0.2) is 0 Å². The highest BCUT2D eigenvalue weighted by Gasteiger charge is 2.30. The molecule has 1 aromatic rings. The lowest BCUT2D eigenvalue weighted by Crippen LogP contribution is -2.27. The molecular weight excluding hydrogens is 270 g/mol. The molecule has 0 atom stereocenters. The van der Waals surface area contributed by atoms with E-state index in [4.69, 9.17) is 10.3 Å². The Bertz CT molecular complexity index is 513. The molecule has 8 heteroatoms. The van der Waals surface area contributed by atoms with Crippen LogP contribution in [-0.4, -0.2) is 26.3 Å². The van der Waals surface area contributed by atoms with Crippen LogP contribution in [0, 0.1) is 0 Å². The highest BCUT2D eigenvalue weighted by atomic mass is 19.3. The number of halogens is 2. The molecule has 0 N–H and O–H groups in total. The number of hydrogen-bond donors (Lipinski definition) is 0. The second-order valence-electron chi connectivity index (χ2n) is 3.90. The quantitative estimate of drug-likeness (QED) is 0.469. The molecular formula is C12H14F2N4O2. The third kappa shape index (κ3) is 3.83. The zero-order valence-corrected chi connectivity index (χ0v) is 11.1. The van der Waals surface area contributed by atoms with Crippen LogP contribution in [-0.2, 0) is 10.7 Å². The highest BCUT2D eigenvalue weighted by molar-refractivity contribution is 5.86. The number of amides is 1. The summed E-state index contributed by atoms with van der Waals surface area (Å²) in [7, 11) is 1.48. The van der Waals surface area contributed by atoms with E-state index in [-0.39, 0.29) is 12.2 Å². The molecule has 1 aromatic carbocycles. The largest absolute Gasteiger partial charge is 0.449 e. The monoisotopic (exact) mass is 284 g/mol. The van der Waals surface area contributed by atoms with Crippen LogP contribution in [0.25, 0.3) is 10.4 Å². The predicted octanol–water partition coefficient (Wildman–Crippen LogP) is 3.68. The minimum Gasteiger partial charge on any atom is -0.449 e. The third-order valence-electron chi connectivity index (χ3n) is 2.55. The number of benzene rings is 1. The fourth-order valence-electron chi connectivity index (χ4n) is 1.47. The van der Waals surface area contributed by atoms with Crippen LogP contribution in [0.1, 0.15) is 12.5 Å². The lowest BCUT2D eigenvalue weighted by Gasteiger charge is -2.18. The van der Waals surface area contributed by atoms with Gasteiger partial charge in [-0.25, -0.2) is 13.6 Å². The van der Waals surface area contributed by atoms with E-state index in [9.17, 15) is 13.6 Å². The van der Waals surface area contributed by atoms with Crippen LogP contribution in [0.5, 0.6) is 0 Å². The number of rotatable bonds is 5. The van der Waals surface area contributed by atoms with Gasteiger partial charge in [-0.05, 0) is 24.6 Å². The van der Waals surface area contributed by atoms with E-state index < -0.39 is 18.6 Å². The summed E-state index contributed by atoms with van der Waals surface area (Å²) in [6, 6.07) is 5.10. The maximum atomic E-state index is 13.6. The molecule has 0 unspecified atom stereocenters. The van der Waals surface area contributed by atoms with Crippen LogP contribution >= 0.6 is 0 Å². The molecule has 0 bridgehead atoms. The zero-order valence-electron chi connectivity index (χ0n) is 11.1. The van der Waals surface area contributed by atoms with Crippen molar-refractivity contribution in [2.24, 2.45) is 5.11 Å². The van der Waals surface area contributed by atoms with Gasteiger partial charge in [0.05, 0.1) is 13.2 Å². The summed E-state index contributed by atoms with van der Waals surface area (Å²) >= 11 is 0. The highest BCUT2D eigenvalue weighted by Crippen LogP contribution is 2.29. The lowest BCUT2D eigenvalue weighted by atomic mass is 10.1. The molecule has 0 saturated carbocycles. The van der Waals surface area contributed by atoms with Crippen molar-refractivity contribution in [3.8, 4) is 0 Å². The van der Waals surface area contributed by atoms with Crippen LogP contribution in [0.2, 0.25) is 0 Å². The summed E-state index contributed by atoms with van der Waals surface area (Å²) < 4.78 is 32.0. The molecule has 0 radical (unpaired) electrons. The summed E-state index contributed by atoms with van der Waals surface area (Å²) in [5, 5.41) is 2.88. The van der Waals surface area contributed by atoms with E-state index in [1.54, 1.807) is 6.92 Å². The lowest BCUT2D eigenvalue weighted by molar-refractivity contribution is 0.00612. The number of anilines is 1. The van der Waals surface area contributed by atoms with E-state index in [2.05, 4.69) is 10.0 Å². The van der Waals surface area contributed by atoms with Crippen molar-refractivity contribution >= 4 is 11.8 Å². The Morgan fingerprint density at radius 3 is 2.55 bits per heavy atom. The normalized spacial score (nSPS) is 10.6. The van der Waals surface area contributed by atoms with Crippen molar-refractivity contribution in [2.75, 3.05) is 25.1 Å². The molecule has 108 valence electrons. The number of hydrogen-bond acceptors (Lipinski definition) is 3. The molecule has 6 nitrogen and oxygen atoms in total. The minimum atomic E-state index is -3.24. The standard InChI is InChI=1S/C12H14F2N4O2/c1-3-20-11(19)18(2)10-6-4-9(5-7-10)12(13,14)8-16-17-15/h4-7H,3,8H2,1-2H3. The van der Waals surface area contributed by atoms with Gasteiger partial charge in [0.1, 0.15) is 0 Å². The van der Waals surface area contributed by atoms with Gasteiger partial charge in [-0.15, -0.1) is 0 Å². The van der Waals surface area contributed by atoms with Crippen molar-refractivity contribution in [3.05, 3.63) is 40.3 Å². The van der Waals surface area contributed by atoms with Crippen molar-refractivity contribution < 1.29 is 18.3 Å². The molecule has 1 rings (SSSR count). The molecule has 0 fully saturated rings. The Hall–Kier alpha value is -2.34. The van der Waals surface area contributed by atoms with Crippen molar-refractivity contribution in [1.29, 1.82) is 0 Å². The SMILES string of the molecule is CCOC(=O)N(C)c1ccc(C(F)(F)CN=[N+]=[N-])cc1. The first-order valence-electron chi connectivity index (χ1n) is 5.82. The Balaban J connectivity index is 2.88. The van der Waals surface area contributed by atoms with Crippen LogP contribution < -0.4 is 4.90 Å². The number of alkyl halides is 2. The smallest absolute Gasteiger partial charge is 0.413 e. The molecule has 1 amide bonds. The topological polar surface area (TPSA) is 78.3 Å². The fraction of sp³-hybridized carbons (Fsp3) is 0.417. The number of ether oxygens (including phenoxy) is 1. The van der Waals surface area contributed by atoms with Crippen LogP contribution in [0.3, 0.4) is 0 Å². The van der Waals surface area contributed by atoms with Gasteiger partial charge < -0.3 is 4.74 Å². The Labute approximate surface area is 114 Å². The van der Waals surface area contributed by atoms with Gasteiger partial charge in [-0.2, -0.15) is 0 Å². The van der Waals surface area contributed by atoms with E-state index in [0.29, 0.717) is 5.69 Å². The third-order valence-corrected chi connectivity index (χ3v) is 2.55. The van der Waals surface area contributed by atoms with E-state index in [1.807, 2.05) is 0 Å². The molecule has 0 aliphatic carbocycles. The summed E-state index contributed by atoms with van der Waals surface area (Å²) in [6.45, 7) is 0.952. The molecule has 0 aliphatic rings. The predicted molar refractivity (Wildman–Crippen MR) is 69.8 cm³/mol. The van der Waals surface area contributed by atoms with Gasteiger partial charge in [-0.3, -0.25) is 4.90 Å². The number of carbonyl (C=O) groups excluding carboxylic acids is 1. The molecule has 0 saturated heterocycles. The summed E-state index contributed by atoms with van der Waals surface area (Å²) in [5.74, 6) is -3.24. The Morgan fingerprint density at radius 2 is 2.05 bits per heavy atom. The van der Waals surface area contributed by atoms with E-state index >= 15 is 0 Å². The first-order valence-corrected chi connectivity index (χ1v) is 5.82. The minimum absolute atomic E-state index is 0.228. The van der Waals surface area contributed by atoms with Gasteiger partial charge in [0, 0.05) is 23.2 Å². The second-order valence-corrected chi connectivity index (χ2v) is 3.90. The zero-order chi connectivity index (χ0) is 15.2. The van der Waals surface area contributed by atoms with Crippen molar-refractivity contribution in [2.45, 2.75) is 12.8 Å². The van der Waals surface area contributed by atoms with Crippen LogP contribution in [0.4, 0.5) is 19.3 Å². The first-order chi connectivity index (χ1) is 9.42. The molecule has 0 heterocycles. The number of nitrogens with zero attached hydrogens (tertiary/aromatic N) is 4. The molecule has 0 spiro atoms. The number of carbonyl (C=O) groups is 1. The maximum Gasteiger partial charge on any atom is 0.413 e. The summed E-state index contributed by atoms with van der Waals surface area (Å²) in [5.41, 5.74) is 8.21. The van der Waals surface area contributed by atoms with Gasteiger partial charge >= 0.3 is 6.09 Å². The molecule has 0 aliphatic heterocycles. The van der Waals surface area contributed by atoms with Crippen LogP contribution in [0.15, 0.2) is 29.4 Å². The Kier molecular flexibility index (Phi) is 5.28. The van der Waals surface area contributed by atoms with Crippen molar-refractivity contribution in [3.63, 3.8) is 0 Å². The van der Waals surface area contributed by atoms with E-state index in [0.717, 1.165) is 0 Å². The average molecular weight is 284 g/mol. The molecule has 20 heavy (non-hydrogen) atoms. The van der Waals surface area contributed by atoms with Crippen molar-refractivity contribution in [1.82, 2.24) is 0 Å². The average Bonchev–Trinajstić information content (AvgIpc) is 2.45. The summed E-state index contributed by atoms with van der Waals surface area (Å²) in [4.78, 5) is 15.0. The van der Waals surface area contributed by atoms with Gasteiger partial charge in [0.2, 0.25) is 0 Å². The second kappa shape index (κ2) is 6.72. The fourth-order valence-corrected chi connectivity index (χ4v) is 1.47. The molecule has 0 aromatic heterocycles. The number of azide groups is 1. The van der Waals surface area contributed by atoms with Gasteiger partial charge in [0.25, 0.3) is 5.92 Å².